The van der Waals surface area contributed by atoms with E-state index in [-0.39, 0.29) is 29.5 Å². The van der Waals surface area contributed by atoms with Crippen molar-refractivity contribution in [2.45, 2.75) is 77.2 Å². The van der Waals surface area contributed by atoms with Crippen LogP contribution in [-0.4, -0.2) is 75.5 Å². The van der Waals surface area contributed by atoms with Gasteiger partial charge < -0.3 is 20.1 Å². The normalized spacial score (nSPS) is 23.9. The van der Waals surface area contributed by atoms with Crippen LogP contribution in [0.4, 0.5) is 0 Å². The maximum atomic E-state index is 5.70. The predicted octanol–water partition coefficient (Wildman–Crippen LogP) is 3.79. The third-order valence-electron chi connectivity index (χ3n) is 7.35. The highest BCUT2D eigenvalue weighted by Gasteiger charge is 2.40. The van der Waals surface area contributed by atoms with Gasteiger partial charge in [0.15, 0.2) is 5.96 Å². The van der Waals surface area contributed by atoms with Crippen molar-refractivity contribution in [3.8, 4) is 0 Å². The summed E-state index contributed by atoms with van der Waals surface area (Å²) in [5.74, 6) is 0.986. The van der Waals surface area contributed by atoms with Crippen molar-refractivity contribution in [2.24, 2.45) is 10.4 Å². The monoisotopic (exact) mass is 536 g/mol. The molecule has 0 atom stereocenters. The fourth-order valence-corrected chi connectivity index (χ4v) is 5.43. The van der Waals surface area contributed by atoms with Gasteiger partial charge in [-0.2, -0.15) is 0 Å². The molecule has 1 saturated carbocycles. The number of guanidine groups is 1. The first kappa shape index (κ1) is 26.1. The van der Waals surface area contributed by atoms with E-state index in [0.717, 1.165) is 71.3 Å². The lowest BCUT2D eigenvalue weighted by Gasteiger charge is -2.45. The maximum absolute atomic E-state index is 5.70. The molecule has 7 heteroatoms. The fourth-order valence-electron chi connectivity index (χ4n) is 5.43. The molecule has 2 heterocycles. The molecule has 30 heavy (non-hydrogen) atoms. The summed E-state index contributed by atoms with van der Waals surface area (Å²) in [6.45, 7) is 12.9. The number of nitrogens with one attached hydrogen (secondary N) is 2. The van der Waals surface area contributed by atoms with E-state index >= 15 is 0 Å². The van der Waals surface area contributed by atoms with Crippen molar-refractivity contribution < 1.29 is 9.47 Å². The van der Waals surface area contributed by atoms with Gasteiger partial charge in [-0.15, -0.1) is 24.0 Å². The molecular weight excluding hydrogens is 491 g/mol. The van der Waals surface area contributed by atoms with Crippen LogP contribution in [0.3, 0.4) is 0 Å². The van der Waals surface area contributed by atoms with E-state index in [0.29, 0.717) is 5.41 Å². The first-order valence-electron chi connectivity index (χ1n) is 12.1. The summed E-state index contributed by atoms with van der Waals surface area (Å²) in [6.07, 6.45) is 11.3. The van der Waals surface area contributed by atoms with Gasteiger partial charge >= 0.3 is 0 Å². The second-order valence-electron chi connectivity index (χ2n) is 9.23. The molecule has 0 radical (unpaired) electrons. The summed E-state index contributed by atoms with van der Waals surface area (Å²) in [5.41, 5.74) is 0.563. The number of hydrogen-bond donors (Lipinski definition) is 2. The first-order chi connectivity index (χ1) is 14.2. The van der Waals surface area contributed by atoms with Gasteiger partial charge in [-0.25, -0.2) is 0 Å². The van der Waals surface area contributed by atoms with E-state index in [1.807, 2.05) is 0 Å². The summed E-state index contributed by atoms with van der Waals surface area (Å²) in [7, 11) is 0. The number of rotatable bonds is 10. The zero-order valence-corrected chi connectivity index (χ0v) is 21.7. The van der Waals surface area contributed by atoms with Crippen LogP contribution in [0.1, 0.15) is 71.6 Å². The van der Waals surface area contributed by atoms with Crippen molar-refractivity contribution in [3.05, 3.63) is 0 Å². The van der Waals surface area contributed by atoms with Crippen molar-refractivity contribution in [1.82, 2.24) is 15.5 Å². The number of halogens is 1. The average Bonchev–Trinajstić information content (AvgIpc) is 3.44. The largest absolute Gasteiger partial charge is 0.382 e. The molecule has 3 aliphatic rings. The standard InChI is InChI=1S/C23H44N4O2.HI/c1-3-24-21(25-19-22(9-5-6-10-22)11-16-28-4-2)26-20-23(12-17-29-18-13-23)27-14-7-8-15-27;/h3-20H2,1-2H3,(H2,24,25,26);1H. The summed E-state index contributed by atoms with van der Waals surface area (Å²) < 4.78 is 11.4. The number of ether oxygens (including phenoxy) is 2. The molecule has 176 valence electrons. The van der Waals surface area contributed by atoms with E-state index in [1.165, 1.54) is 51.6 Å². The Bertz CT molecular complexity index is 499. The van der Waals surface area contributed by atoms with Crippen molar-refractivity contribution in [1.29, 1.82) is 0 Å². The lowest BCUT2D eigenvalue weighted by atomic mass is 9.83. The Kier molecular flexibility index (Phi) is 11.7. The van der Waals surface area contributed by atoms with Gasteiger partial charge in [-0.3, -0.25) is 9.89 Å². The maximum Gasteiger partial charge on any atom is 0.191 e. The topological polar surface area (TPSA) is 58.1 Å². The van der Waals surface area contributed by atoms with E-state index in [2.05, 4.69) is 29.4 Å². The molecule has 2 saturated heterocycles. The molecule has 0 bridgehead atoms. The van der Waals surface area contributed by atoms with Crippen LogP contribution < -0.4 is 10.6 Å². The van der Waals surface area contributed by atoms with Crippen LogP contribution in [0, 0.1) is 5.41 Å². The summed E-state index contributed by atoms with van der Waals surface area (Å²) >= 11 is 0. The minimum atomic E-state index is 0. The SMILES string of the molecule is CCNC(=NCC1(CCOCC)CCCC1)NCC1(N2CCCC2)CCOCC1.I. The van der Waals surface area contributed by atoms with Gasteiger partial charge in [0.2, 0.25) is 0 Å². The van der Waals surface area contributed by atoms with Crippen molar-refractivity contribution in [3.63, 3.8) is 0 Å². The molecule has 0 unspecified atom stereocenters. The van der Waals surface area contributed by atoms with Crippen LogP contribution in [0.15, 0.2) is 4.99 Å². The molecular formula is C23H45IN4O2. The Morgan fingerprint density at radius 2 is 1.70 bits per heavy atom. The van der Waals surface area contributed by atoms with Crippen molar-refractivity contribution in [2.75, 3.05) is 59.2 Å². The molecule has 0 amide bonds. The van der Waals surface area contributed by atoms with Gasteiger partial charge in [0.25, 0.3) is 0 Å². The second kappa shape index (κ2) is 13.4. The molecule has 0 aromatic carbocycles. The lowest BCUT2D eigenvalue weighted by molar-refractivity contribution is -0.0164. The number of likely N-dealkylation sites (tertiary alicyclic amines) is 1. The molecule has 6 nitrogen and oxygen atoms in total. The summed E-state index contributed by atoms with van der Waals surface area (Å²) in [4.78, 5) is 7.79. The molecule has 0 aromatic heterocycles. The van der Waals surface area contributed by atoms with E-state index in [1.54, 1.807) is 0 Å². The Morgan fingerprint density at radius 1 is 1.00 bits per heavy atom. The minimum absolute atomic E-state index is 0. The zero-order chi connectivity index (χ0) is 20.4. The van der Waals surface area contributed by atoms with Crippen LogP contribution in [-0.2, 0) is 9.47 Å². The van der Waals surface area contributed by atoms with E-state index in [9.17, 15) is 0 Å². The number of hydrogen-bond acceptors (Lipinski definition) is 4. The third-order valence-corrected chi connectivity index (χ3v) is 7.35. The molecule has 3 fully saturated rings. The first-order valence-corrected chi connectivity index (χ1v) is 12.1. The molecule has 2 aliphatic heterocycles. The second-order valence-corrected chi connectivity index (χ2v) is 9.23. The van der Waals surface area contributed by atoms with Crippen LogP contribution in [0.5, 0.6) is 0 Å². The number of nitrogens with zero attached hydrogens (tertiary/aromatic N) is 2. The fraction of sp³-hybridized carbons (Fsp3) is 0.957. The van der Waals surface area contributed by atoms with Gasteiger partial charge in [0.1, 0.15) is 0 Å². The highest BCUT2D eigenvalue weighted by molar-refractivity contribution is 14.0. The minimum Gasteiger partial charge on any atom is -0.382 e. The molecule has 2 N–H and O–H groups in total. The highest BCUT2D eigenvalue weighted by atomic mass is 127. The Hall–Kier alpha value is -0.120. The van der Waals surface area contributed by atoms with Crippen LogP contribution in [0.25, 0.3) is 0 Å². The zero-order valence-electron chi connectivity index (χ0n) is 19.3. The molecule has 3 rings (SSSR count). The molecule has 0 spiro atoms. The summed E-state index contributed by atoms with van der Waals surface area (Å²) in [6, 6.07) is 0. The van der Waals surface area contributed by atoms with Crippen LogP contribution in [0.2, 0.25) is 0 Å². The summed E-state index contributed by atoms with van der Waals surface area (Å²) in [5, 5.41) is 7.22. The van der Waals surface area contributed by atoms with Gasteiger partial charge in [-0.05, 0) is 77.3 Å². The smallest absolute Gasteiger partial charge is 0.191 e. The van der Waals surface area contributed by atoms with E-state index < -0.39 is 0 Å². The lowest BCUT2D eigenvalue weighted by Crippen LogP contribution is -2.58. The number of aliphatic imine (C=N–C) groups is 1. The Balaban J connectivity index is 0.00000320. The van der Waals surface area contributed by atoms with Crippen molar-refractivity contribution >= 4 is 29.9 Å². The van der Waals surface area contributed by atoms with Crippen LogP contribution >= 0.6 is 24.0 Å². The Morgan fingerprint density at radius 3 is 2.33 bits per heavy atom. The van der Waals surface area contributed by atoms with Gasteiger partial charge in [-0.1, -0.05) is 12.8 Å². The molecule has 0 aromatic rings. The highest BCUT2D eigenvalue weighted by Crippen LogP contribution is 2.41. The van der Waals surface area contributed by atoms with Gasteiger partial charge in [0, 0.05) is 51.6 Å². The van der Waals surface area contributed by atoms with Gasteiger partial charge in [0.05, 0.1) is 0 Å². The average molecular weight is 537 g/mol. The quantitative estimate of drug-likeness (QED) is 0.193. The van der Waals surface area contributed by atoms with E-state index in [4.69, 9.17) is 14.5 Å². The predicted molar refractivity (Wildman–Crippen MR) is 135 cm³/mol. The molecule has 1 aliphatic carbocycles. The third kappa shape index (κ3) is 7.20. The Labute approximate surface area is 201 Å².